The van der Waals surface area contributed by atoms with Gasteiger partial charge in [-0.15, -0.1) is 0 Å². The van der Waals surface area contributed by atoms with Crippen LogP contribution in [0.25, 0.3) is 0 Å². The van der Waals surface area contributed by atoms with Gasteiger partial charge in [0.1, 0.15) is 17.7 Å². The predicted octanol–water partition coefficient (Wildman–Crippen LogP) is 2.49. The average Bonchev–Trinajstić information content (AvgIpc) is 3.50. The number of ether oxygens (including phenoxy) is 1. The average molecular weight is 531 g/mol. The van der Waals surface area contributed by atoms with Crippen molar-refractivity contribution in [2.24, 2.45) is 0 Å². The van der Waals surface area contributed by atoms with Crippen molar-refractivity contribution in [3.8, 4) is 0 Å². The predicted molar refractivity (Wildman–Crippen MR) is 138 cm³/mol. The van der Waals surface area contributed by atoms with E-state index < -0.39 is 35.7 Å². The Kier molecular flexibility index (Phi) is 9.65. The second-order valence-electron chi connectivity index (χ2n) is 10.00. The Morgan fingerprint density at radius 1 is 1.16 bits per heavy atom. The minimum absolute atomic E-state index is 0.00784. The molecule has 8 nitrogen and oxygen atoms in total. The number of amides is 3. The highest BCUT2D eigenvalue weighted by Gasteiger charge is 2.40. The maximum absolute atomic E-state index is 13.9. The lowest BCUT2D eigenvalue weighted by molar-refractivity contribution is -0.126. The molecule has 10 heteroatoms. The molecule has 2 aliphatic heterocycles. The van der Waals surface area contributed by atoms with Crippen LogP contribution in [-0.4, -0.2) is 72.0 Å². The van der Waals surface area contributed by atoms with Gasteiger partial charge in [-0.3, -0.25) is 4.79 Å². The molecule has 0 radical (unpaired) electrons. The Morgan fingerprint density at radius 3 is 2.61 bits per heavy atom. The van der Waals surface area contributed by atoms with Gasteiger partial charge >= 0.3 is 6.03 Å². The van der Waals surface area contributed by atoms with E-state index in [0.717, 1.165) is 24.5 Å². The first-order chi connectivity index (χ1) is 18.3. The van der Waals surface area contributed by atoms with Crippen molar-refractivity contribution in [1.82, 2.24) is 20.9 Å². The van der Waals surface area contributed by atoms with E-state index in [9.17, 15) is 23.5 Å². The number of hydrogen-bond acceptors (Lipinski definition) is 5. The van der Waals surface area contributed by atoms with Crippen LogP contribution < -0.4 is 16.0 Å². The van der Waals surface area contributed by atoms with Crippen LogP contribution in [0.15, 0.2) is 48.5 Å². The van der Waals surface area contributed by atoms with Crippen LogP contribution in [0.4, 0.5) is 13.6 Å². The van der Waals surface area contributed by atoms with E-state index in [1.807, 2.05) is 30.3 Å². The van der Waals surface area contributed by atoms with Crippen molar-refractivity contribution in [2.75, 3.05) is 19.7 Å². The van der Waals surface area contributed by atoms with Gasteiger partial charge in [-0.25, -0.2) is 13.6 Å². The van der Waals surface area contributed by atoms with E-state index in [4.69, 9.17) is 4.74 Å². The number of hydrogen-bond donors (Lipinski definition) is 4. The first kappa shape index (κ1) is 27.9. The summed E-state index contributed by atoms with van der Waals surface area (Å²) in [7, 11) is 0. The molecule has 1 unspecified atom stereocenters. The minimum Gasteiger partial charge on any atom is -0.389 e. The van der Waals surface area contributed by atoms with Gasteiger partial charge in [0.25, 0.3) is 0 Å². The summed E-state index contributed by atoms with van der Waals surface area (Å²) in [5.74, 6) is -1.92. The first-order valence-corrected chi connectivity index (χ1v) is 13.2. The first-order valence-electron chi connectivity index (χ1n) is 13.2. The summed E-state index contributed by atoms with van der Waals surface area (Å²) in [6.07, 6.45) is 1.39. The summed E-state index contributed by atoms with van der Waals surface area (Å²) < 4.78 is 33.7. The molecule has 0 aliphatic carbocycles. The largest absolute Gasteiger partial charge is 0.389 e. The number of carbonyl (C=O) groups is 2. The number of nitrogens with one attached hydrogen (secondary N) is 3. The van der Waals surface area contributed by atoms with E-state index in [0.29, 0.717) is 25.1 Å². The van der Waals surface area contributed by atoms with Gasteiger partial charge in [0.05, 0.1) is 18.2 Å². The summed E-state index contributed by atoms with van der Waals surface area (Å²) in [4.78, 5) is 27.4. The zero-order chi connectivity index (χ0) is 27.1. The third-order valence-electron chi connectivity index (χ3n) is 7.09. The molecule has 2 aliphatic rings. The summed E-state index contributed by atoms with van der Waals surface area (Å²) in [6.45, 7) is 3.64. The molecule has 3 amide bonds. The summed E-state index contributed by atoms with van der Waals surface area (Å²) in [5.41, 5.74) is 1.18. The topological polar surface area (TPSA) is 103 Å². The molecule has 4 rings (SSSR count). The van der Waals surface area contributed by atoms with Crippen molar-refractivity contribution < 1.29 is 28.2 Å². The second kappa shape index (κ2) is 13.1. The van der Waals surface area contributed by atoms with Crippen LogP contribution in [-0.2, 0) is 22.5 Å². The molecule has 2 fully saturated rings. The molecule has 2 heterocycles. The molecule has 5 atom stereocenters. The zero-order valence-electron chi connectivity index (χ0n) is 21.5. The van der Waals surface area contributed by atoms with Crippen LogP contribution in [0.1, 0.15) is 37.3 Å². The van der Waals surface area contributed by atoms with Gasteiger partial charge in [-0.2, -0.15) is 0 Å². The van der Waals surface area contributed by atoms with Crippen LogP contribution in [0.2, 0.25) is 0 Å². The number of aliphatic hydroxyl groups excluding tert-OH is 1. The highest BCUT2D eigenvalue weighted by Crippen LogP contribution is 2.20. The minimum atomic E-state index is -1.06. The molecule has 38 heavy (non-hydrogen) atoms. The Hall–Kier alpha value is -3.08. The molecule has 206 valence electrons. The standard InChI is InChI=1S/C28H36F2N4O4/c1-2-3-9-38-22-14-23(31-15-22)26(35)24(12-19-10-20(29)13-21(30)11-19)33-27(36)25-16-32-28(37)34(25)17-18-7-5-4-6-8-18/h4-8,10-11,13,22-26,31,35H,2-3,9,12,14-17H2,1H3,(H,32,37)(H,33,36)/t22-,23-,24+,25?,26-/m1/s1. The van der Waals surface area contributed by atoms with E-state index >= 15 is 0 Å². The van der Waals surface area contributed by atoms with Gasteiger partial charge in [-0.1, -0.05) is 43.7 Å². The fraction of sp³-hybridized carbons (Fsp3) is 0.500. The third kappa shape index (κ3) is 7.27. The number of nitrogens with zero attached hydrogens (tertiary/aromatic N) is 1. The Bertz CT molecular complexity index is 1070. The lowest BCUT2D eigenvalue weighted by atomic mass is 9.94. The third-order valence-corrected chi connectivity index (χ3v) is 7.09. The molecular formula is C28H36F2N4O4. The van der Waals surface area contributed by atoms with Gasteiger partial charge in [0, 0.05) is 38.3 Å². The SMILES string of the molecule is CCCCO[C@H]1CN[C@@H]([C@@H](O)[C@H](Cc2cc(F)cc(F)c2)NC(=O)C2CNC(=O)N2Cc2ccccc2)C1. The summed E-state index contributed by atoms with van der Waals surface area (Å²) >= 11 is 0. The van der Waals surface area contributed by atoms with Crippen LogP contribution in [0.3, 0.4) is 0 Å². The maximum Gasteiger partial charge on any atom is 0.318 e. The number of unbranched alkanes of at least 4 members (excludes halogenated alkanes) is 1. The number of halogens is 2. The van der Waals surface area contributed by atoms with E-state index in [1.54, 1.807) is 0 Å². The zero-order valence-corrected chi connectivity index (χ0v) is 21.5. The fourth-order valence-corrected chi connectivity index (χ4v) is 5.05. The highest BCUT2D eigenvalue weighted by atomic mass is 19.1. The molecular weight excluding hydrogens is 494 g/mol. The molecule has 4 N–H and O–H groups in total. The number of urea groups is 1. The van der Waals surface area contributed by atoms with Crippen LogP contribution in [0.5, 0.6) is 0 Å². The van der Waals surface area contributed by atoms with E-state index in [1.165, 1.54) is 17.0 Å². The summed E-state index contributed by atoms with van der Waals surface area (Å²) in [5, 5.41) is 20.2. The number of aliphatic hydroxyl groups is 1. The quantitative estimate of drug-likeness (QED) is 0.316. The molecule has 2 saturated heterocycles. The number of benzene rings is 2. The molecule has 0 saturated carbocycles. The Morgan fingerprint density at radius 2 is 1.89 bits per heavy atom. The molecule has 0 spiro atoms. The molecule has 2 aromatic carbocycles. The van der Waals surface area contributed by atoms with Crippen molar-refractivity contribution in [1.29, 1.82) is 0 Å². The smallest absolute Gasteiger partial charge is 0.318 e. The van der Waals surface area contributed by atoms with Gasteiger partial charge in [-0.05, 0) is 42.5 Å². The van der Waals surface area contributed by atoms with Gasteiger partial charge < -0.3 is 30.7 Å². The van der Waals surface area contributed by atoms with Crippen molar-refractivity contribution in [3.05, 3.63) is 71.3 Å². The highest BCUT2D eigenvalue weighted by molar-refractivity contribution is 5.90. The normalized spacial score (nSPS) is 22.8. The van der Waals surface area contributed by atoms with Crippen molar-refractivity contribution >= 4 is 11.9 Å². The van der Waals surface area contributed by atoms with E-state index in [2.05, 4.69) is 22.9 Å². The van der Waals surface area contributed by atoms with E-state index in [-0.39, 0.29) is 37.7 Å². The van der Waals surface area contributed by atoms with Crippen molar-refractivity contribution in [2.45, 2.75) is 69.5 Å². The molecule has 0 aromatic heterocycles. The Labute approximate surface area is 221 Å². The lowest BCUT2D eigenvalue weighted by Crippen LogP contribution is -2.56. The summed E-state index contributed by atoms with van der Waals surface area (Å²) in [6, 6.07) is 10.1. The fourth-order valence-electron chi connectivity index (χ4n) is 5.05. The maximum atomic E-state index is 13.9. The van der Waals surface area contributed by atoms with Gasteiger partial charge in [0.2, 0.25) is 5.91 Å². The van der Waals surface area contributed by atoms with Crippen molar-refractivity contribution in [3.63, 3.8) is 0 Å². The van der Waals surface area contributed by atoms with Gasteiger partial charge in [0.15, 0.2) is 0 Å². The second-order valence-corrected chi connectivity index (χ2v) is 10.00. The van der Waals surface area contributed by atoms with Crippen LogP contribution in [0, 0.1) is 11.6 Å². The van der Waals surface area contributed by atoms with Crippen LogP contribution >= 0.6 is 0 Å². The lowest BCUT2D eigenvalue weighted by Gasteiger charge is -2.31. The number of rotatable bonds is 12. The monoisotopic (exact) mass is 530 g/mol. The Balaban J connectivity index is 1.48. The molecule has 2 aromatic rings. The number of carbonyl (C=O) groups excluding carboxylic acids is 2. The molecule has 0 bridgehead atoms.